The van der Waals surface area contributed by atoms with Crippen LogP contribution in [0, 0.1) is 13.8 Å². The fourth-order valence-corrected chi connectivity index (χ4v) is 3.42. The van der Waals surface area contributed by atoms with Crippen molar-refractivity contribution < 1.29 is 5.11 Å². The second kappa shape index (κ2) is 4.70. The molecule has 1 atom stereocenters. The highest BCUT2D eigenvalue weighted by Gasteiger charge is 2.15. The highest BCUT2D eigenvalue weighted by Crippen LogP contribution is 2.33. The van der Waals surface area contributed by atoms with Crippen molar-refractivity contribution in [3.63, 3.8) is 0 Å². The molecule has 0 radical (unpaired) electrons. The van der Waals surface area contributed by atoms with Crippen LogP contribution in [-0.4, -0.2) is 5.11 Å². The highest BCUT2D eigenvalue weighted by atomic mass is 79.9. The zero-order valence-corrected chi connectivity index (χ0v) is 11.6. The van der Waals surface area contributed by atoms with E-state index in [0.29, 0.717) is 0 Å². The van der Waals surface area contributed by atoms with Gasteiger partial charge in [-0.3, -0.25) is 0 Å². The molecule has 0 aliphatic carbocycles. The normalized spacial score (nSPS) is 12.8. The maximum Gasteiger partial charge on any atom is 0.114 e. The van der Waals surface area contributed by atoms with Crippen molar-refractivity contribution in [1.82, 2.24) is 0 Å². The Morgan fingerprint density at radius 3 is 2.31 bits per heavy atom. The number of hydrogen-bond acceptors (Lipinski definition) is 2. The van der Waals surface area contributed by atoms with E-state index in [2.05, 4.69) is 22.0 Å². The van der Waals surface area contributed by atoms with Gasteiger partial charge in [-0.05, 0) is 46.8 Å². The predicted molar refractivity (Wildman–Crippen MR) is 72.0 cm³/mol. The summed E-state index contributed by atoms with van der Waals surface area (Å²) in [6, 6.07) is 8.14. The largest absolute Gasteiger partial charge is 0.383 e. The third-order valence-corrected chi connectivity index (χ3v) is 4.38. The molecular formula is C13H13BrOS. The Kier molecular flexibility index (Phi) is 3.47. The minimum Gasteiger partial charge on any atom is -0.383 e. The summed E-state index contributed by atoms with van der Waals surface area (Å²) in [5.41, 5.74) is 3.32. The summed E-state index contributed by atoms with van der Waals surface area (Å²) in [4.78, 5) is 0.963. The van der Waals surface area contributed by atoms with E-state index in [9.17, 15) is 5.11 Å². The number of benzene rings is 1. The molecule has 0 fully saturated rings. The van der Waals surface area contributed by atoms with Gasteiger partial charge in [-0.15, -0.1) is 11.3 Å². The molecule has 0 amide bonds. The van der Waals surface area contributed by atoms with Gasteiger partial charge >= 0.3 is 0 Å². The van der Waals surface area contributed by atoms with Crippen molar-refractivity contribution in [2.45, 2.75) is 20.0 Å². The van der Waals surface area contributed by atoms with E-state index in [1.165, 1.54) is 11.1 Å². The predicted octanol–water partition coefficient (Wildman–Crippen LogP) is 4.21. The minimum absolute atomic E-state index is 0.534. The third kappa shape index (κ3) is 2.37. The molecule has 1 unspecified atom stereocenters. The van der Waals surface area contributed by atoms with Crippen molar-refractivity contribution >= 4 is 27.3 Å². The third-order valence-electron chi connectivity index (χ3n) is 2.45. The zero-order valence-electron chi connectivity index (χ0n) is 9.20. The van der Waals surface area contributed by atoms with Crippen molar-refractivity contribution in [2.75, 3.05) is 0 Å². The number of aryl methyl sites for hydroxylation is 2. The summed E-state index contributed by atoms with van der Waals surface area (Å²) in [6.45, 7) is 4.10. The van der Waals surface area contributed by atoms with Crippen LogP contribution in [0.2, 0.25) is 0 Å². The number of hydrogen-bond donors (Lipinski definition) is 1. The molecule has 1 aromatic carbocycles. The van der Waals surface area contributed by atoms with Crippen LogP contribution in [0.4, 0.5) is 0 Å². The lowest BCUT2D eigenvalue weighted by atomic mass is 10.0. The summed E-state index contributed by atoms with van der Waals surface area (Å²) in [5, 5.41) is 12.3. The Morgan fingerprint density at radius 1 is 1.19 bits per heavy atom. The van der Waals surface area contributed by atoms with Gasteiger partial charge in [-0.25, -0.2) is 0 Å². The molecule has 16 heavy (non-hydrogen) atoms. The van der Waals surface area contributed by atoms with E-state index in [1.54, 1.807) is 11.3 Å². The number of halogens is 1. The van der Waals surface area contributed by atoms with Gasteiger partial charge < -0.3 is 5.11 Å². The first-order chi connectivity index (χ1) is 7.58. The van der Waals surface area contributed by atoms with Crippen LogP contribution in [0.3, 0.4) is 0 Å². The zero-order chi connectivity index (χ0) is 11.7. The Hall–Kier alpha value is -0.640. The topological polar surface area (TPSA) is 20.2 Å². The standard InChI is InChI=1S/C13H13BrOS/c1-8-5-9(2)7-10(6-8)12(15)13-11(14)3-4-16-13/h3-7,12,15H,1-2H3. The van der Waals surface area contributed by atoms with Gasteiger partial charge in [0.25, 0.3) is 0 Å². The molecule has 0 aliphatic heterocycles. The van der Waals surface area contributed by atoms with Crippen molar-refractivity contribution in [2.24, 2.45) is 0 Å². The molecule has 84 valence electrons. The van der Waals surface area contributed by atoms with Gasteiger partial charge in [-0.1, -0.05) is 29.3 Å². The van der Waals surface area contributed by atoms with Crippen molar-refractivity contribution in [1.29, 1.82) is 0 Å². The Balaban J connectivity index is 2.41. The Bertz CT molecular complexity index is 484. The summed E-state index contributed by atoms with van der Waals surface area (Å²) >= 11 is 5.02. The fourth-order valence-electron chi connectivity index (χ4n) is 1.82. The van der Waals surface area contributed by atoms with Gasteiger partial charge in [0.15, 0.2) is 0 Å². The molecule has 0 saturated heterocycles. The van der Waals surface area contributed by atoms with E-state index >= 15 is 0 Å². The lowest BCUT2D eigenvalue weighted by Crippen LogP contribution is -1.99. The molecule has 0 bridgehead atoms. The second-order valence-electron chi connectivity index (χ2n) is 3.96. The lowest BCUT2D eigenvalue weighted by molar-refractivity contribution is 0.223. The molecule has 0 spiro atoms. The van der Waals surface area contributed by atoms with Crippen LogP contribution in [0.15, 0.2) is 34.1 Å². The highest BCUT2D eigenvalue weighted by molar-refractivity contribution is 9.10. The average Bonchev–Trinajstić information content (AvgIpc) is 2.62. The summed E-state index contributed by atoms with van der Waals surface area (Å²) in [5.74, 6) is 0. The molecule has 0 aliphatic rings. The molecular weight excluding hydrogens is 284 g/mol. The van der Waals surface area contributed by atoms with Gasteiger partial charge in [0.1, 0.15) is 6.10 Å². The van der Waals surface area contributed by atoms with Crippen molar-refractivity contribution in [3.8, 4) is 0 Å². The van der Waals surface area contributed by atoms with Crippen LogP contribution in [-0.2, 0) is 0 Å². The molecule has 1 N–H and O–H groups in total. The molecule has 1 nitrogen and oxygen atoms in total. The first-order valence-electron chi connectivity index (χ1n) is 5.07. The van der Waals surface area contributed by atoms with Crippen LogP contribution in [0.5, 0.6) is 0 Å². The van der Waals surface area contributed by atoms with Gasteiger partial charge in [0, 0.05) is 4.47 Å². The van der Waals surface area contributed by atoms with E-state index in [0.717, 1.165) is 14.9 Å². The van der Waals surface area contributed by atoms with E-state index in [4.69, 9.17) is 0 Å². The number of rotatable bonds is 2. The molecule has 0 saturated carbocycles. The van der Waals surface area contributed by atoms with Gasteiger partial charge in [0.05, 0.1) is 4.88 Å². The smallest absolute Gasteiger partial charge is 0.114 e. The second-order valence-corrected chi connectivity index (χ2v) is 5.76. The first-order valence-corrected chi connectivity index (χ1v) is 6.74. The SMILES string of the molecule is Cc1cc(C)cc(C(O)c2sccc2Br)c1. The van der Waals surface area contributed by atoms with Gasteiger partial charge in [-0.2, -0.15) is 0 Å². The minimum atomic E-state index is -0.534. The maximum absolute atomic E-state index is 10.3. The number of thiophene rings is 1. The molecule has 1 heterocycles. The lowest BCUT2D eigenvalue weighted by Gasteiger charge is -2.11. The average molecular weight is 297 g/mol. The van der Waals surface area contributed by atoms with Crippen molar-refractivity contribution in [3.05, 3.63) is 55.7 Å². The maximum atomic E-state index is 10.3. The number of aliphatic hydroxyl groups is 1. The molecule has 2 rings (SSSR count). The molecule has 3 heteroatoms. The van der Waals surface area contributed by atoms with Gasteiger partial charge in [0.2, 0.25) is 0 Å². The quantitative estimate of drug-likeness (QED) is 0.880. The summed E-state index contributed by atoms with van der Waals surface area (Å²) in [6.07, 6.45) is -0.534. The Labute approximate surface area is 108 Å². The Morgan fingerprint density at radius 2 is 1.81 bits per heavy atom. The van der Waals surface area contributed by atoms with E-state index in [1.807, 2.05) is 37.4 Å². The summed E-state index contributed by atoms with van der Waals surface area (Å²) in [7, 11) is 0. The molecule has 2 aromatic rings. The van der Waals surface area contributed by atoms with Crippen LogP contribution in [0.25, 0.3) is 0 Å². The van der Waals surface area contributed by atoms with Crippen LogP contribution in [0.1, 0.15) is 27.7 Å². The van der Waals surface area contributed by atoms with E-state index in [-0.39, 0.29) is 0 Å². The first kappa shape index (κ1) is 11.8. The van der Waals surface area contributed by atoms with Crippen LogP contribution < -0.4 is 0 Å². The fraction of sp³-hybridized carbons (Fsp3) is 0.231. The summed E-state index contributed by atoms with van der Waals surface area (Å²) < 4.78 is 0.976. The molecule has 1 aromatic heterocycles. The monoisotopic (exact) mass is 296 g/mol. The van der Waals surface area contributed by atoms with Crippen LogP contribution >= 0.6 is 27.3 Å². The van der Waals surface area contributed by atoms with E-state index < -0.39 is 6.10 Å². The number of aliphatic hydroxyl groups excluding tert-OH is 1.